The second-order valence-corrected chi connectivity index (χ2v) is 11.4. The van der Waals surface area contributed by atoms with E-state index >= 15 is 0 Å². The van der Waals surface area contributed by atoms with Gasteiger partial charge in [-0.1, -0.05) is 6.07 Å². The minimum atomic E-state index is -3.31. The van der Waals surface area contributed by atoms with Crippen molar-refractivity contribution in [2.75, 3.05) is 19.4 Å². The third kappa shape index (κ3) is 3.96. The van der Waals surface area contributed by atoms with Crippen molar-refractivity contribution in [3.63, 3.8) is 0 Å². The van der Waals surface area contributed by atoms with E-state index in [4.69, 9.17) is 0 Å². The third-order valence-electron chi connectivity index (χ3n) is 5.91. The fourth-order valence-electron chi connectivity index (χ4n) is 4.20. The summed E-state index contributed by atoms with van der Waals surface area (Å²) >= 11 is 3.43. The van der Waals surface area contributed by atoms with Crippen LogP contribution in [0.15, 0.2) is 41.3 Å². The largest absolute Gasteiger partial charge is 0.351 e. The number of halogens is 2. The fourth-order valence-corrected chi connectivity index (χ4v) is 6.14. The Morgan fingerprint density at radius 1 is 1.24 bits per heavy atom. The number of sulfonamides is 1. The Hall–Kier alpha value is -2.70. The molecule has 1 aliphatic rings. The molecule has 0 radical (unpaired) electrons. The molecule has 2 atom stereocenters. The predicted octanol–water partition coefficient (Wildman–Crippen LogP) is 3.49. The van der Waals surface area contributed by atoms with E-state index in [9.17, 15) is 12.8 Å². The number of nitrogens with one attached hydrogen (secondary N) is 1. The van der Waals surface area contributed by atoms with Crippen LogP contribution in [-0.2, 0) is 10.0 Å². The number of pyridine rings is 1. The second-order valence-electron chi connectivity index (χ2n) is 8.24. The van der Waals surface area contributed by atoms with Crippen molar-refractivity contribution >= 4 is 53.8 Å². The lowest BCUT2D eigenvalue weighted by Gasteiger charge is -2.18. The van der Waals surface area contributed by atoms with E-state index in [0.717, 1.165) is 0 Å². The maximum atomic E-state index is 14.7. The van der Waals surface area contributed by atoms with E-state index in [1.54, 1.807) is 49.4 Å². The van der Waals surface area contributed by atoms with E-state index < -0.39 is 21.1 Å². The van der Waals surface area contributed by atoms with Gasteiger partial charge in [-0.2, -0.15) is 10.1 Å². The molecule has 3 aromatic heterocycles. The molecule has 1 saturated carbocycles. The quantitative estimate of drug-likeness (QED) is 0.418. The Morgan fingerprint density at radius 2 is 2.06 bits per heavy atom. The zero-order valence-corrected chi connectivity index (χ0v) is 20.3. The Labute approximate surface area is 198 Å². The molecule has 1 aliphatic carbocycles. The molecule has 3 heterocycles. The molecule has 0 bridgehead atoms. The zero-order chi connectivity index (χ0) is 23.3. The molecule has 0 aliphatic heterocycles. The normalized spacial score (nSPS) is 19.1. The molecular weight excluding hydrogens is 513 g/mol. The third-order valence-corrected chi connectivity index (χ3v) is 8.79. The Bertz CT molecular complexity index is 1470. The maximum Gasteiger partial charge on any atom is 0.224 e. The number of nitrogens with zero attached hydrogens (tertiary/aromatic N) is 6. The number of hydrogen-bond acceptors (Lipinski definition) is 7. The summed E-state index contributed by atoms with van der Waals surface area (Å²) < 4.78 is 42.9. The Kier molecular flexibility index (Phi) is 5.53. The Morgan fingerprint density at radius 3 is 2.85 bits per heavy atom. The number of hydrogen-bond donors (Lipinski definition) is 1. The van der Waals surface area contributed by atoms with Crippen LogP contribution in [0.5, 0.6) is 0 Å². The summed E-state index contributed by atoms with van der Waals surface area (Å²) in [7, 11) is -0.200. The minimum absolute atomic E-state index is 0.0637. The molecule has 1 fully saturated rings. The van der Waals surface area contributed by atoms with Gasteiger partial charge in [0.25, 0.3) is 0 Å². The van der Waals surface area contributed by atoms with Crippen LogP contribution < -0.4 is 5.32 Å². The summed E-state index contributed by atoms with van der Waals surface area (Å²) in [4.78, 5) is 13.1. The molecule has 5 rings (SSSR count). The monoisotopic (exact) mass is 533 g/mol. The van der Waals surface area contributed by atoms with E-state index in [2.05, 4.69) is 41.3 Å². The first-order chi connectivity index (χ1) is 15.7. The van der Waals surface area contributed by atoms with E-state index in [0.29, 0.717) is 51.9 Å². The number of rotatable bonds is 5. The predicted molar refractivity (Wildman–Crippen MR) is 127 cm³/mol. The number of benzene rings is 1. The first-order valence-electron chi connectivity index (χ1n) is 10.4. The highest BCUT2D eigenvalue weighted by Gasteiger charge is 2.35. The summed E-state index contributed by atoms with van der Waals surface area (Å²) in [5.74, 6) is -0.0821. The summed E-state index contributed by atoms with van der Waals surface area (Å²) in [6.45, 7) is 0. The number of aromatic nitrogens is 5. The number of anilines is 1. The highest BCUT2D eigenvalue weighted by Crippen LogP contribution is 2.30. The summed E-state index contributed by atoms with van der Waals surface area (Å²) in [5.41, 5.74) is 1.29. The van der Waals surface area contributed by atoms with Crippen molar-refractivity contribution in [3.05, 3.63) is 47.1 Å². The molecular formula is C21H21BrFN7O2S. The van der Waals surface area contributed by atoms with Crippen molar-refractivity contribution in [3.8, 4) is 5.69 Å². The van der Waals surface area contributed by atoms with Crippen molar-refractivity contribution in [1.29, 1.82) is 0 Å². The molecule has 12 heteroatoms. The van der Waals surface area contributed by atoms with Crippen molar-refractivity contribution < 1.29 is 12.8 Å². The molecule has 1 aromatic carbocycles. The van der Waals surface area contributed by atoms with Gasteiger partial charge >= 0.3 is 0 Å². The molecule has 4 aromatic rings. The molecule has 0 saturated heterocycles. The van der Waals surface area contributed by atoms with Gasteiger partial charge in [-0.15, -0.1) is 0 Å². The van der Waals surface area contributed by atoms with Crippen LogP contribution in [0.25, 0.3) is 27.6 Å². The van der Waals surface area contributed by atoms with Gasteiger partial charge in [0.05, 0.1) is 16.3 Å². The molecule has 1 N–H and O–H groups in total. The first-order valence-corrected chi connectivity index (χ1v) is 12.7. The van der Waals surface area contributed by atoms with Crippen LogP contribution in [0, 0.1) is 5.82 Å². The summed E-state index contributed by atoms with van der Waals surface area (Å²) in [5, 5.41) is 8.63. The summed E-state index contributed by atoms with van der Waals surface area (Å²) in [6, 6.07) is 6.64. The fraction of sp³-hybridized carbons (Fsp3) is 0.333. The van der Waals surface area contributed by atoms with E-state index in [1.807, 2.05) is 0 Å². The van der Waals surface area contributed by atoms with Gasteiger partial charge in [-0.3, -0.25) is 4.98 Å². The highest BCUT2D eigenvalue weighted by molar-refractivity contribution is 9.10. The first kappa shape index (κ1) is 22.1. The average molecular weight is 534 g/mol. The smallest absolute Gasteiger partial charge is 0.224 e. The van der Waals surface area contributed by atoms with Gasteiger partial charge in [0.2, 0.25) is 16.0 Å². The van der Waals surface area contributed by atoms with Gasteiger partial charge in [0.15, 0.2) is 11.5 Å². The van der Waals surface area contributed by atoms with Crippen molar-refractivity contribution in [2.45, 2.75) is 30.6 Å². The topological polar surface area (TPSA) is 106 Å². The molecule has 0 amide bonds. The van der Waals surface area contributed by atoms with Gasteiger partial charge in [-0.25, -0.2) is 26.8 Å². The van der Waals surface area contributed by atoms with E-state index in [1.165, 1.54) is 10.4 Å². The van der Waals surface area contributed by atoms with Gasteiger partial charge < -0.3 is 5.32 Å². The lowest BCUT2D eigenvalue weighted by molar-refractivity contribution is 0.504. The van der Waals surface area contributed by atoms with Crippen LogP contribution in [0.4, 0.5) is 10.3 Å². The average Bonchev–Trinajstić information content (AvgIpc) is 3.38. The van der Waals surface area contributed by atoms with Crippen LogP contribution in [0.3, 0.4) is 0 Å². The maximum absolute atomic E-state index is 14.7. The van der Waals surface area contributed by atoms with E-state index in [-0.39, 0.29) is 11.6 Å². The number of fused-ring (bicyclic) bond motifs is 2. The SMILES string of the molecule is CN(C)S(=O)(=O)C1CC[C@@H](Nc2ncc3c(Br)nn(-c4cc(F)c5ncccc5c4)c3n2)C1. The second kappa shape index (κ2) is 8.26. The standard InChI is InChI=1S/C21H21BrFN7O2S/c1-29(2)33(31,32)15-6-5-13(9-15)26-21-25-11-16-19(22)28-30(20(16)27-21)14-8-12-4-3-7-24-18(12)17(23)10-14/h3-4,7-8,10-11,13,15H,5-6,9H2,1-2H3,(H,25,26,27)/t13-,15?/m1/s1. The molecule has 1 unspecified atom stereocenters. The molecule has 9 nitrogen and oxygen atoms in total. The zero-order valence-electron chi connectivity index (χ0n) is 17.9. The van der Waals surface area contributed by atoms with Crippen molar-refractivity contribution in [1.82, 2.24) is 29.0 Å². The van der Waals surface area contributed by atoms with Gasteiger partial charge in [0, 0.05) is 44.0 Å². The van der Waals surface area contributed by atoms with Crippen LogP contribution in [-0.4, -0.2) is 62.8 Å². The van der Waals surface area contributed by atoms with Crippen LogP contribution in [0.2, 0.25) is 0 Å². The van der Waals surface area contributed by atoms with Crippen LogP contribution >= 0.6 is 15.9 Å². The van der Waals surface area contributed by atoms with Crippen LogP contribution in [0.1, 0.15) is 19.3 Å². The summed E-state index contributed by atoms with van der Waals surface area (Å²) in [6.07, 6.45) is 4.95. The van der Waals surface area contributed by atoms with Crippen molar-refractivity contribution in [2.24, 2.45) is 0 Å². The highest BCUT2D eigenvalue weighted by atomic mass is 79.9. The lowest BCUT2D eigenvalue weighted by atomic mass is 10.2. The van der Waals surface area contributed by atoms with Gasteiger partial charge in [0.1, 0.15) is 10.1 Å². The Balaban J connectivity index is 1.48. The van der Waals surface area contributed by atoms with Gasteiger partial charge in [-0.05, 0) is 47.3 Å². The molecule has 172 valence electrons. The lowest BCUT2D eigenvalue weighted by Crippen LogP contribution is -2.32. The minimum Gasteiger partial charge on any atom is -0.351 e. The molecule has 0 spiro atoms. The molecule has 33 heavy (non-hydrogen) atoms.